The maximum absolute atomic E-state index is 9.80. The van der Waals surface area contributed by atoms with Crippen LogP contribution in [0.3, 0.4) is 0 Å². The molecule has 0 bridgehead atoms. The van der Waals surface area contributed by atoms with E-state index in [2.05, 4.69) is 66.7 Å². The van der Waals surface area contributed by atoms with E-state index in [0.717, 1.165) is 27.8 Å². The number of hydrogen-bond acceptors (Lipinski definition) is 2. The summed E-state index contributed by atoms with van der Waals surface area (Å²) in [5, 5.41) is 9.80. The first-order chi connectivity index (χ1) is 18.2. The topological polar surface area (TPSA) is 49.8 Å². The number of benzene rings is 5. The van der Waals surface area contributed by atoms with Crippen molar-refractivity contribution < 1.29 is 0 Å². The Morgan fingerprint density at radius 3 is 1.35 bits per heavy atom. The van der Waals surface area contributed by atoms with Crippen molar-refractivity contribution >= 4 is 23.4 Å². The average Bonchev–Trinajstić information content (AvgIpc) is 2.97. The van der Waals surface area contributed by atoms with Crippen molar-refractivity contribution in [2.75, 3.05) is 0 Å². The molecule has 0 saturated carbocycles. The van der Waals surface area contributed by atoms with Crippen LogP contribution in [-0.4, -0.2) is 0 Å². The summed E-state index contributed by atoms with van der Waals surface area (Å²) in [6, 6.07) is 47.3. The first-order valence-corrected chi connectivity index (χ1v) is 12.2. The molecule has 0 aliphatic rings. The summed E-state index contributed by atoms with van der Waals surface area (Å²) in [5.41, 5.74) is 16.2. The minimum Gasteiger partial charge on any atom is -0.398 e. The zero-order chi connectivity index (χ0) is 25.5. The Kier molecular flexibility index (Phi) is 7.07. The van der Waals surface area contributed by atoms with Crippen LogP contribution in [0.1, 0.15) is 22.3 Å². The fourth-order valence-electron chi connectivity index (χ4n) is 4.26. The Bertz CT molecular complexity index is 1570. The standard InChI is InChI=1S/C35H26N2/c36-25-34(23-26-11-15-30(16-12-26)28-7-3-1-4-8-28)32-19-21-33(22-20-32)35(37)24-27-13-17-31(18-14-27)29-9-5-2-6-10-29/h1-24H,37H2/b34-23+,35-24-. The molecule has 176 valence electrons. The van der Waals surface area contributed by atoms with E-state index in [1.54, 1.807) is 0 Å². The molecule has 0 spiro atoms. The van der Waals surface area contributed by atoms with E-state index in [1.165, 1.54) is 16.7 Å². The van der Waals surface area contributed by atoms with Crippen molar-refractivity contribution in [2.24, 2.45) is 5.73 Å². The number of hydrogen-bond donors (Lipinski definition) is 1. The van der Waals surface area contributed by atoms with Gasteiger partial charge in [0, 0.05) is 5.70 Å². The lowest BCUT2D eigenvalue weighted by Crippen LogP contribution is -1.96. The van der Waals surface area contributed by atoms with Crippen LogP contribution in [0.5, 0.6) is 0 Å². The van der Waals surface area contributed by atoms with Crippen molar-refractivity contribution in [2.45, 2.75) is 0 Å². The van der Waals surface area contributed by atoms with Crippen LogP contribution in [0, 0.1) is 11.3 Å². The molecule has 2 heteroatoms. The molecule has 0 aliphatic carbocycles. The number of nitriles is 1. The molecule has 2 N–H and O–H groups in total. The lowest BCUT2D eigenvalue weighted by molar-refractivity contribution is 1.49. The molecule has 37 heavy (non-hydrogen) atoms. The maximum Gasteiger partial charge on any atom is 0.0998 e. The Labute approximate surface area is 218 Å². The molecule has 0 saturated heterocycles. The lowest BCUT2D eigenvalue weighted by atomic mass is 9.99. The Morgan fingerprint density at radius 1 is 0.486 bits per heavy atom. The second-order valence-corrected chi connectivity index (χ2v) is 8.82. The van der Waals surface area contributed by atoms with E-state index >= 15 is 0 Å². The molecule has 0 radical (unpaired) electrons. The third kappa shape index (κ3) is 5.75. The Balaban J connectivity index is 1.31. The van der Waals surface area contributed by atoms with Crippen LogP contribution in [-0.2, 0) is 0 Å². The van der Waals surface area contributed by atoms with Crippen molar-refractivity contribution in [3.63, 3.8) is 0 Å². The molecule has 0 amide bonds. The van der Waals surface area contributed by atoms with Gasteiger partial charge in [-0.3, -0.25) is 0 Å². The highest BCUT2D eigenvalue weighted by Gasteiger charge is 2.05. The van der Waals surface area contributed by atoms with Gasteiger partial charge in [-0.05, 0) is 56.7 Å². The van der Waals surface area contributed by atoms with E-state index in [9.17, 15) is 5.26 Å². The zero-order valence-corrected chi connectivity index (χ0v) is 20.4. The van der Waals surface area contributed by atoms with Gasteiger partial charge < -0.3 is 5.73 Å². The van der Waals surface area contributed by atoms with Crippen LogP contribution in [0.15, 0.2) is 133 Å². The van der Waals surface area contributed by atoms with E-state index in [-0.39, 0.29) is 0 Å². The summed E-state index contributed by atoms with van der Waals surface area (Å²) in [6.45, 7) is 0. The maximum atomic E-state index is 9.80. The summed E-state index contributed by atoms with van der Waals surface area (Å²) in [4.78, 5) is 0. The highest BCUT2D eigenvalue weighted by Crippen LogP contribution is 2.24. The minimum atomic E-state index is 0.609. The Hall–Kier alpha value is -5.13. The summed E-state index contributed by atoms with van der Waals surface area (Å²) in [7, 11) is 0. The van der Waals surface area contributed by atoms with Gasteiger partial charge in [0.15, 0.2) is 0 Å². The molecule has 0 fully saturated rings. The molecule has 0 unspecified atom stereocenters. The van der Waals surface area contributed by atoms with Gasteiger partial charge in [-0.15, -0.1) is 0 Å². The highest BCUT2D eigenvalue weighted by molar-refractivity contribution is 5.90. The van der Waals surface area contributed by atoms with Crippen LogP contribution >= 0.6 is 0 Å². The predicted octanol–water partition coefficient (Wildman–Crippen LogP) is 8.54. The van der Waals surface area contributed by atoms with Crippen LogP contribution in [0.4, 0.5) is 0 Å². The smallest absolute Gasteiger partial charge is 0.0998 e. The minimum absolute atomic E-state index is 0.609. The molecule has 5 aromatic carbocycles. The largest absolute Gasteiger partial charge is 0.398 e. The van der Waals surface area contributed by atoms with E-state index in [0.29, 0.717) is 11.3 Å². The molecule has 5 rings (SSSR count). The normalized spacial score (nSPS) is 11.6. The second-order valence-electron chi connectivity index (χ2n) is 8.82. The van der Waals surface area contributed by atoms with Gasteiger partial charge in [0.1, 0.15) is 0 Å². The first kappa shape index (κ1) is 23.6. The monoisotopic (exact) mass is 474 g/mol. The van der Waals surface area contributed by atoms with Gasteiger partial charge >= 0.3 is 0 Å². The van der Waals surface area contributed by atoms with Crippen LogP contribution < -0.4 is 5.73 Å². The SMILES string of the molecule is N#C/C(=C\c1ccc(-c2ccccc2)cc1)c1ccc(/C(N)=C/c2ccc(-c3ccccc3)cc2)cc1. The second kappa shape index (κ2) is 11.1. The molecule has 0 aliphatic heterocycles. The van der Waals surface area contributed by atoms with Crippen molar-refractivity contribution in [3.8, 4) is 28.3 Å². The van der Waals surface area contributed by atoms with Gasteiger partial charge in [-0.1, -0.05) is 133 Å². The lowest BCUT2D eigenvalue weighted by Gasteiger charge is -2.06. The molecule has 0 atom stereocenters. The molecular formula is C35H26N2. The molecular weight excluding hydrogens is 448 g/mol. The summed E-state index contributed by atoms with van der Waals surface area (Å²) in [5.74, 6) is 0. The van der Waals surface area contributed by atoms with Crippen molar-refractivity contribution in [1.29, 1.82) is 5.26 Å². The first-order valence-electron chi connectivity index (χ1n) is 12.2. The van der Waals surface area contributed by atoms with Gasteiger partial charge in [0.2, 0.25) is 0 Å². The number of nitrogens with zero attached hydrogens (tertiary/aromatic N) is 1. The van der Waals surface area contributed by atoms with E-state index in [4.69, 9.17) is 5.73 Å². The van der Waals surface area contributed by atoms with Gasteiger partial charge in [0.05, 0.1) is 11.6 Å². The van der Waals surface area contributed by atoms with Crippen molar-refractivity contribution in [3.05, 3.63) is 156 Å². The van der Waals surface area contributed by atoms with Gasteiger partial charge in [0.25, 0.3) is 0 Å². The molecule has 2 nitrogen and oxygen atoms in total. The number of rotatable bonds is 6. The van der Waals surface area contributed by atoms with Crippen LogP contribution in [0.25, 0.3) is 45.7 Å². The zero-order valence-electron chi connectivity index (χ0n) is 20.4. The third-order valence-electron chi connectivity index (χ3n) is 6.32. The number of nitrogens with two attached hydrogens (primary N) is 1. The highest BCUT2D eigenvalue weighted by atomic mass is 14.6. The molecule has 0 heterocycles. The Morgan fingerprint density at radius 2 is 0.892 bits per heavy atom. The molecule has 0 aromatic heterocycles. The van der Waals surface area contributed by atoms with E-state index < -0.39 is 0 Å². The van der Waals surface area contributed by atoms with E-state index in [1.807, 2.05) is 84.9 Å². The fraction of sp³-hybridized carbons (Fsp3) is 0. The number of allylic oxidation sites excluding steroid dienone is 1. The third-order valence-corrected chi connectivity index (χ3v) is 6.32. The molecule has 5 aromatic rings. The predicted molar refractivity (Wildman–Crippen MR) is 156 cm³/mol. The average molecular weight is 475 g/mol. The summed E-state index contributed by atoms with van der Waals surface area (Å²) in [6.07, 6.45) is 3.89. The van der Waals surface area contributed by atoms with Crippen molar-refractivity contribution in [1.82, 2.24) is 0 Å². The van der Waals surface area contributed by atoms with Gasteiger partial charge in [-0.25, -0.2) is 0 Å². The van der Waals surface area contributed by atoms with Crippen LogP contribution in [0.2, 0.25) is 0 Å². The quantitative estimate of drug-likeness (QED) is 0.198. The fourth-order valence-corrected chi connectivity index (χ4v) is 4.26. The summed E-state index contributed by atoms with van der Waals surface area (Å²) < 4.78 is 0. The van der Waals surface area contributed by atoms with Gasteiger partial charge in [-0.2, -0.15) is 5.26 Å². The summed E-state index contributed by atoms with van der Waals surface area (Å²) >= 11 is 0.